The Morgan fingerprint density at radius 2 is 1.67 bits per heavy atom. The van der Waals surface area contributed by atoms with Gasteiger partial charge in [-0.25, -0.2) is 0 Å². The van der Waals surface area contributed by atoms with Gasteiger partial charge in [0.1, 0.15) is 5.50 Å². The van der Waals surface area contributed by atoms with E-state index in [1.54, 1.807) is 0 Å². The Balaban J connectivity index is 2.72. The highest BCUT2D eigenvalue weighted by molar-refractivity contribution is 7.99. The summed E-state index contributed by atoms with van der Waals surface area (Å²) in [4.78, 5) is 3.29. The molecule has 1 atom stereocenters. The van der Waals surface area contributed by atoms with E-state index in [1.165, 1.54) is 4.90 Å². The predicted octanol–water partition coefficient (Wildman–Crippen LogP) is 3.99. The molecule has 3 heteroatoms. The summed E-state index contributed by atoms with van der Waals surface area (Å²) in [7, 11) is 3.96. The minimum absolute atomic E-state index is 0.0388. The summed E-state index contributed by atoms with van der Waals surface area (Å²) in [6.07, 6.45) is 0. The second-order valence-electron chi connectivity index (χ2n) is 4.04. The van der Waals surface area contributed by atoms with E-state index >= 15 is 0 Å². The second kappa shape index (κ2) is 5.78. The number of rotatable bonds is 4. The van der Waals surface area contributed by atoms with Crippen molar-refractivity contribution in [1.82, 2.24) is 4.90 Å². The minimum Gasteiger partial charge on any atom is -0.290 e. The van der Waals surface area contributed by atoms with Crippen LogP contribution in [0.5, 0.6) is 0 Å². The first-order chi connectivity index (χ1) is 7.00. The molecule has 0 amide bonds. The molecule has 0 aromatic heterocycles. The van der Waals surface area contributed by atoms with E-state index in [-0.39, 0.29) is 5.50 Å². The number of thioether (sulfide) groups is 1. The lowest BCUT2D eigenvalue weighted by Gasteiger charge is -2.18. The topological polar surface area (TPSA) is 3.24 Å². The van der Waals surface area contributed by atoms with Gasteiger partial charge in [0.25, 0.3) is 0 Å². The van der Waals surface area contributed by atoms with Crippen molar-refractivity contribution in [3.8, 4) is 0 Å². The molecule has 1 nitrogen and oxygen atoms in total. The number of benzene rings is 1. The highest BCUT2D eigenvalue weighted by atomic mass is 35.5. The van der Waals surface area contributed by atoms with Gasteiger partial charge in [0.05, 0.1) is 0 Å². The minimum atomic E-state index is -0.0388. The summed E-state index contributed by atoms with van der Waals surface area (Å²) in [6, 6.07) is 8.47. The van der Waals surface area contributed by atoms with Crippen LogP contribution in [0.3, 0.4) is 0 Å². The Morgan fingerprint density at radius 1 is 1.13 bits per heavy atom. The molecule has 0 spiro atoms. The van der Waals surface area contributed by atoms with Gasteiger partial charge < -0.3 is 0 Å². The quantitative estimate of drug-likeness (QED) is 0.447. The van der Waals surface area contributed by atoms with Crippen LogP contribution in [0, 0.1) is 0 Å². The third kappa shape index (κ3) is 4.06. The molecule has 1 rings (SSSR count). The van der Waals surface area contributed by atoms with Crippen LogP contribution in [0.2, 0.25) is 0 Å². The van der Waals surface area contributed by atoms with Crippen LogP contribution in [0.1, 0.15) is 24.9 Å². The fraction of sp³-hybridized carbons (Fsp3) is 0.500. The van der Waals surface area contributed by atoms with Crippen molar-refractivity contribution in [2.24, 2.45) is 0 Å². The maximum Gasteiger partial charge on any atom is 0.110 e. The maximum atomic E-state index is 6.22. The van der Waals surface area contributed by atoms with Gasteiger partial charge in [0.15, 0.2) is 0 Å². The van der Waals surface area contributed by atoms with E-state index in [4.69, 9.17) is 11.6 Å². The molecule has 0 fully saturated rings. The molecule has 0 aliphatic rings. The molecule has 0 heterocycles. The smallest absolute Gasteiger partial charge is 0.110 e. The van der Waals surface area contributed by atoms with E-state index in [2.05, 4.69) is 38.1 Å². The third-order valence-corrected chi connectivity index (χ3v) is 3.64. The molecule has 0 bridgehead atoms. The van der Waals surface area contributed by atoms with Crippen LogP contribution in [0.25, 0.3) is 0 Å². The van der Waals surface area contributed by atoms with Gasteiger partial charge in [0.2, 0.25) is 0 Å². The molecule has 84 valence electrons. The Hall–Kier alpha value is -0.180. The Kier molecular flexibility index (Phi) is 4.97. The van der Waals surface area contributed by atoms with Gasteiger partial charge in [-0.2, -0.15) is 0 Å². The zero-order valence-electron chi connectivity index (χ0n) is 9.70. The van der Waals surface area contributed by atoms with Crippen molar-refractivity contribution in [2.45, 2.75) is 29.5 Å². The van der Waals surface area contributed by atoms with Crippen molar-refractivity contribution in [3.05, 3.63) is 29.8 Å². The molecule has 0 aliphatic heterocycles. The molecule has 0 radical (unpaired) electrons. The fourth-order valence-corrected chi connectivity index (χ4v) is 2.26. The zero-order valence-corrected chi connectivity index (χ0v) is 11.3. The van der Waals surface area contributed by atoms with Crippen LogP contribution in [0.15, 0.2) is 29.2 Å². The van der Waals surface area contributed by atoms with Gasteiger partial charge in [-0.15, -0.1) is 23.4 Å². The normalized spacial score (nSPS) is 13.5. The lowest BCUT2D eigenvalue weighted by Crippen LogP contribution is -2.14. The first kappa shape index (κ1) is 12.9. The number of alkyl halides is 1. The van der Waals surface area contributed by atoms with Gasteiger partial charge in [-0.1, -0.05) is 26.0 Å². The van der Waals surface area contributed by atoms with Crippen molar-refractivity contribution in [3.63, 3.8) is 0 Å². The molecular formula is C12H18ClNS. The molecule has 0 saturated heterocycles. The van der Waals surface area contributed by atoms with Crippen LogP contribution >= 0.6 is 23.4 Å². The average Bonchev–Trinajstić information content (AvgIpc) is 2.17. The molecule has 1 unspecified atom stereocenters. The lowest BCUT2D eigenvalue weighted by molar-refractivity contribution is 0.384. The Bertz CT molecular complexity index is 295. The van der Waals surface area contributed by atoms with Crippen molar-refractivity contribution < 1.29 is 0 Å². The van der Waals surface area contributed by atoms with Crippen molar-refractivity contribution in [2.75, 3.05) is 14.1 Å². The third-order valence-electron chi connectivity index (χ3n) is 1.98. The zero-order chi connectivity index (χ0) is 11.4. The second-order valence-corrected chi connectivity index (χ2v) is 6.10. The molecule has 1 aromatic rings. The summed E-state index contributed by atoms with van der Waals surface area (Å²) in [5.41, 5.74) is 1.11. The van der Waals surface area contributed by atoms with Crippen molar-refractivity contribution in [1.29, 1.82) is 0 Å². The number of nitrogens with zero attached hydrogens (tertiary/aromatic N) is 1. The Labute approximate surface area is 102 Å². The lowest BCUT2D eigenvalue weighted by atomic mass is 10.2. The highest BCUT2D eigenvalue weighted by Crippen LogP contribution is 2.27. The molecule has 15 heavy (non-hydrogen) atoms. The SMILES string of the molecule is CC(C)Sc1ccc(C(Cl)N(C)C)cc1. The van der Waals surface area contributed by atoms with Gasteiger partial charge >= 0.3 is 0 Å². The van der Waals surface area contributed by atoms with Gasteiger partial charge in [-0.05, 0) is 31.8 Å². The number of halogens is 1. The van der Waals surface area contributed by atoms with Crippen LogP contribution in [-0.4, -0.2) is 24.2 Å². The molecule has 0 N–H and O–H groups in total. The van der Waals surface area contributed by atoms with E-state index in [0.717, 1.165) is 5.56 Å². The van der Waals surface area contributed by atoms with E-state index in [1.807, 2.05) is 30.8 Å². The van der Waals surface area contributed by atoms with Gasteiger partial charge in [0, 0.05) is 10.1 Å². The number of hydrogen-bond donors (Lipinski definition) is 0. The van der Waals surface area contributed by atoms with Crippen LogP contribution in [0.4, 0.5) is 0 Å². The van der Waals surface area contributed by atoms with E-state index in [0.29, 0.717) is 5.25 Å². The standard InChI is InChI=1S/C12H18ClNS/c1-9(2)15-11-7-5-10(6-8-11)12(13)14(3)4/h5-9,12H,1-4H3. The van der Waals surface area contributed by atoms with Crippen LogP contribution in [-0.2, 0) is 0 Å². The van der Waals surface area contributed by atoms with Gasteiger partial charge in [-0.3, -0.25) is 4.90 Å². The summed E-state index contributed by atoms with van der Waals surface area (Å²) in [6.45, 7) is 4.39. The van der Waals surface area contributed by atoms with E-state index in [9.17, 15) is 0 Å². The molecule has 0 aliphatic carbocycles. The molecular weight excluding hydrogens is 226 g/mol. The molecule has 1 aromatic carbocycles. The fourth-order valence-electron chi connectivity index (χ4n) is 1.28. The van der Waals surface area contributed by atoms with Crippen molar-refractivity contribution >= 4 is 23.4 Å². The maximum absolute atomic E-state index is 6.22. The first-order valence-corrected chi connectivity index (χ1v) is 6.39. The average molecular weight is 244 g/mol. The largest absolute Gasteiger partial charge is 0.290 e. The number of hydrogen-bond acceptors (Lipinski definition) is 2. The summed E-state index contributed by atoms with van der Waals surface area (Å²) < 4.78 is 0. The Morgan fingerprint density at radius 3 is 2.07 bits per heavy atom. The predicted molar refractivity (Wildman–Crippen MR) is 69.7 cm³/mol. The monoisotopic (exact) mass is 243 g/mol. The summed E-state index contributed by atoms with van der Waals surface area (Å²) in [5, 5.41) is 0.622. The summed E-state index contributed by atoms with van der Waals surface area (Å²) in [5.74, 6) is 0. The first-order valence-electron chi connectivity index (χ1n) is 5.08. The van der Waals surface area contributed by atoms with E-state index < -0.39 is 0 Å². The molecule has 0 saturated carbocycles. The summed E-state index contributed by atoms with van der Waals surface area (Å²) >= 11 is 8.09. The highest BCUT2D eigenvalue weighted by Gasteiger charge is 2.09. The van der Waals surface area contributed by atoms with Crippen LogP contribution < -0.4 is 0 Å².